The summed E-state index contributed by atoms with van der Waals surface area (Å²) in [5.74, 6) is 0. The molecule has 0 atom stereocenters. The van der Waals surface area contributed by atoms with Crippen LogP contribution >= 0.6 is 15.9 Å². The van der Waals surface area contributed by atoms with Crippen LogP contribution in [0.2, 0.25) is 0 Å². The van der Waals surface area contributed by atoms with E-state index in [1.54, 1.807) is 0 Å². The molecule has 0 fully saturated rings. The lowest BCUT2D eigenvalue weighted by Gasteiger charge is -2.04. The van der Waals surface area contributed by atoms with Crippen LogP contribution in [0, 0.1) is 11.3 Å². The molecule has 0 amide bonds. The Kier molecular flexibility index (Phi) is 4.34. The van der Waals surface area contributed by atoms with E-state index in [4.69, 9.17) is 5.26 Å². The van der Waals surface area contributed by atoms with Crippen LogP contribution in [0.3, 0.4) is 0 Å². The lowest BCUT2D eigenvalue weighted by Crippen LogP contribution is -2.00. The maximum absolute atomic E-state index is 8.32. The van der Waals surface area contributed by atoms with E-state index >= 15 is 0 Å². The van der Waals surface area contributed by atoms with E-state index in [9.17, 15) is 0 Å². The highest BCUT2D eigenvalue weighted by Gasteiger charge is 1.91. The zero-order valence-electron chi connectivity index (χ0n) is 7.26. The predicted molar refractivity (Wildman–Crippen MR) is 57.5 cm³/mol. The summed E-state index contributed by atoms with van der Waals surface area (Å²) in [5.41, 5.74) is 1.09. The number of benzene rings is 1. The van der Waals surface area contributed by atoms with Crippen molar-refractivity contribution in [3.8, 4) is 6.07 Å². The molecule has 3 heteroatoms. The first-order chi connectivity index (χ1) is 6.33. The van der Waals surface area contributed by atoms with Crippen molar-refractivity contribution in [3.05, 3.63) is 28.7 Å². The summed E-state index contributed by atoms with van der Waals surface area (Å²) >= 11 is 3.39. The molecule has 0 unspecified atom stereocenters. The van der Waals surface area contributed by atoms with Gasteiger partial charge in [0.15, 0.2) is 0 Å². The summed E-state index contributed by atoms with van der Waals surface area (Å²) in [7, 11) is 0. The first kappa shape index (κ1) is 10.1. The monoisotopic (exact) mass is 238 g/mol. The highest BCUT2D eigenvalue weighted by molar-refractivity contribution is 9.10. The molecular formula is C10H11BrN2. The summed E-state index contributed by atoms with van der Waals surface area (Å²) in [5, 5.41) is 11.6. The molecule has 13 heavy (non-hydrogen) atoms. The third-order valence-electron chi connectivity index (χ3n) is 1.62. The van der Waals surface area contributed by atoms with Gasteiger partial charge in [-0.05, 0) is 24.6 Å². The topological polar surface area (TPSA) is 35.8 Å². The molecule has 2 nitrogen and oxygen atoms in total. The number of hydrogen-bond donors (Lipinski definition) is 1. The Morgan fingerprint density at radius 1 is 1.46 bits per heavy atom. The Hall–Kier alpha value is -1.01. The van der Waals surface area contributed by atoms with Gasteiger partial charge in [-0.2, -0.15) is 5.26 Å². The molecule has 0 saturated carbocycles. The van der Waals surface area contributed by atoms with E-state index in [-0.39, 0.29) is 0 Å². The van der Waals surface area contributed by atoms with E-state index < -0.39 is 0 Å². The first-order valence-corrected chi connectivity index (χ1v) is 4.98. The van der Waals surface area contributed by atoms with Gasteiger partial charge in [-0.25, -0.2) is 0 Å². The number of rotatable bonds is 4. The maximum atomic E-state index is 8.32. The van der Waals surface area contributed by atoms with E-state index in [1.807, 2.05) is 24.3 Å². The van der Waals surface area contributed by atoms with Crippen LogP contribution in [0.1, 0.15) is 12.8 Å². The molecule has 0 aliphatic heterocycles. The van der Waals surface area contributed by atoms with Gasteiger partial charge in [-0.1, -0.05) is 22.0 Å². The van der Waals surface area contributed by atoms with Gasteiger partial charge in [0.05, 0.1) is 6.07 Å². The van der Waals surface area contributed by atoms with Crippen molar-refractivity contribution < 1.29 is 0 Å². The van der Waals surface area contributed by atoms with Gasteiger partial charge in [-0.3, -0.25) is 0 Å². The van der Waals surface area contributed by atoms with Gasteiger partial charge in [0.1, 0.15) is 0 Å². The number of unbranched alkanes of at least 4 members (excludes halogenated alkanes) is 1. The Morgan fingerprint density at radius 3 is 3.00 bits per heavy atom. The molecule has 0 saturated heterocycles. The summed E-state index contributed by atoms with van der Waals surface area (Å²) in [6, 6.07) is 10.1. The zero-order valence-corrected chi connectivity index (χ0v) is 8.84. The highest BCUT2D eigenvalue weighted by Crippen LogP contribution is 2.15. The molecule has 0 radical (unpaired) electrons. The molecule has 0 aromatic heterocycles. The number of hydrogen-bond acceptors (Lipinski definition) is 2. The van der Waals surface area contributed by atoms with Gasteiger partial charge in [0.2, 0.25) is 0 Å². The van der Waals surface area contributed by atoms with Crippen molar-refractivity contribution in [1.82, 2.24) is 0 Å². The fourth-order valence-corrected chi connectivity index (χ4v) is 1.40. The molecule has 0 aliphatic rings. The van der Waals surface area contributed by atoms with Crippen LogP contribution in [0.4, 0.5) is 5.69 Å². The van der Waals surface area contributed by atoms with Crippen LogP contribution in [0.25, 0.3) is 0 Å². The molecule has 1 rings (SSSR count). The second-order valence-electron chi connectivity index (χ2n) is 2.70. The van der Waals surface area contributed by atoms with Gasteiger partial charge in [0.25, 0.3) is 0 Å². The average molecular weight is 239 g/mol. The Morgan fingerprint density at radius 2 is 2.31 bits per heavy atom. The number of halogens is 1. The molecule has 0 aliphatic carbocycles. The normalized spacial score (nSPS) is 9.23. The Bertz CT molecular complexity index is 304. The zero-order chi connectivity index (χ0) is 9.52. The number of nitriles is 1. The van der Waals surface area contributed by atoms with Gasteiger partial charge in [0, 0.05) is 23.1 Å². The minimum atomic E-state index is 0.612. The second kappa shape index (κ2) is 5.60. The van der Waals surface area contributed by atoms with E-state index in [1.165, 1.54) is 0 Å². The van der Waals surface area contributed by atoms with Crippen LogP contribution < -0.4 is 5.32 Å². The van der Waals surface area contributed by atoms with E-state index in [0.29, 0.717) is 6.42 Å². The lowest BCUT2D eigenvalue weighted by molar-refractivity contribution is 0.897. The predicted octanol–water partition coefficient (Wildman–Crippen LogP) is 3.16. The number of nitrogens with zero attached hydrogens (tertiary/aromatic N) is 1. The lowest BCUT2D eigenvalue weighted by atomic mass is 10.3. The van der Waals surface area contributed by atoms with Crippen molar-refractivity contribution >= 4 is 21.6 Å². The summed E-state index contributed by atoms with van der Waals surface area (Å²) < 4.78 is 1.07. The van der Waals surface area contributed by atoms with Crippen molar-refractivity contribution in [2.24, 2.45) is 0 Å². The Balaban J connectivity index is 2.33. The van der Waals surface area contributed by atoms with E-state index in [0.717, 1.165) is 23.1 Å². The molecule has 1 N–H and O–H groups in total. The largest absolute Gasteiger partial charge is 0.385 e. The number of nitrogens with one attached hydrogen (secondary N) is 1. The van der Waals surface area contributed by atoms with Gasteiger partial charge >= 0.3 is 0 Å². The maximum Gasteiger partial charge on any atom is 0.0622 e. The van der Waals surface area contributed by atoms with Crippen LogP contribution in [0.15, 0.2) is 28.7 Å². The quantitative estimate of drug-likeness (QED) is 0.819. The fraction of sp³-hybridized carbons (Fsp3) is 0.300. The summed E-state index contributed by atoms with van der Waals surface area (Å²) in [6.45, 7) is 0.851. The molecule has 0 spiro atoms. The molecule has 1 aromatic carbocycles. The minimum absolute atomic E-state index is 0.612. The van der Waals surface area contributed by atoms with Crippen LogP contribution in [0.5, 0.6) is 0 Å². The molecule has 0 bridgehead atoms. The average Bonchev–Trinajstić information content (AvgIpc) is 2.13. The molecular weight excluding hydrogens is 228 g/mol. The minimum Gasteiger partial charge on any atom is -0.385 e. The van der Waals surface area contributed by atoms with E-state index in [2.05, 4.69) is 27.3 Å². The third-order valence-corrected chi connectivity index (χ3v) is 2.11. The van der Waals surface area contributed by atoms with Crippen molar-refractivity contribution in [2.75, 3.05) is 11.9 Å². The van der Waals surface area contributed by atoms with Crippen LogP contribution in [-0.2, 0) is 0 Å². The fourth-order valence-electron chi connectivity index (χ4n) is 0.999. The van der Waals surface area contributed by atoms with Crippen molar-refractivity contribution in [2.45, 2.75) is 12.8 Å². The van der Waals surface area contributed by atoms with Gasteiger partial charge < -0.3 is 5.32 Å². The second-order valence-corrected chi connectivity index (χ2v) is 3.61. The van der Waals surface area contributed by atoms with Crippen LogP contribution in [-0.4, -0.2) is 6.54 Å². The SMILES string of the molecule is N#CCCCNc1cccc(Br)c1. The summed E-state index contributed by atoms with van der Waals surface area (Å²) in [6.07, 6.45) is 1.50. The van der Waals surface area contributed by atoms with Crippen molar-refractivity contribution in [3.63, 3.8) is 0 Å². The molecule has 0 heterocycles. The van der Waals surface area contributed by atoms with Crippen molar-refractivity contribution in [1.29, 1.82) is 5.26 Å². The summed E-state index contributed by atoms with van der Waals surface area (Å²) in [4.78, 5) is 0. The first-order valence-electron chi connectivity index (χ1n) is 4.19. The highest BCUT2D eigenvalue weighted by atomic mass is 79.9. The number of anilines is 1. The third kappa shape index (κ3) is 3.95. The molecule has 1 aromatic rings. The standard InChI is InChI=1S/C10H11BrN2/c11-9-4-3-5-10(8-9)13-7-2-1-6-12/h3-5,8,13H,1-2,7H2. The molecule has 68 valence electrons. The smallest absolute Gasteiger partial charge is 0.0622 e. The van der Waals surface area contributed by atoms with Gasteiger partial charge in [-0.15, -0.1) is 0 Å². The Labute approximate surface area is 86.7 Å².